The van der Waals surface area contributed by atoms with Gasteiger partial charge >= 0.3 is 0 Å². The van der Waals surface area contributed by atoms with Gasteiger partial charge in [0.25, 0.3) is 0 Å². The molecule has 12 heavy (non-hydrogen) atoms. The maximum Gasteiger partial charge on any atom is 0.120 e. The van der Waals surface area contributed by atoms with Crippen molar-refractivity contribution in [3.63, 3.8) is 0 Å². The fourth-order valence-electron chi connectivity index (χ4n) is 1.04. The van der Waals surface area contributed by atoms with Crippen LogP contribution in [0.15, 0.2) is 16.5 Å². The van der Waals surface area contributed by atoms with Gasteiger partial charge in [0.15, 0.2) is 0 Å². The normalized spacial score (nSPS) is 13.2. The Morgan fingerprint density at radius 1 is 1.58 bits per heavy atom. The molecule has 0 aliphatic heterocycles. The molecule has 1 rings (SSSR count). The third-order valence-electron chi connectivity index (χ3n) is 1.82. The Kier molecular flexibility index (Phi) is 3.29. The van der Waals surface area contributed by atoms with Gasteiger partial charge in [-0.25, -0.2) is 0 Å². The van der Waals surface area contributed by atoms with Crippen LogP contribution in [0, 0.1) is 0 Å². The minimum atomic E-state index is -0.399. The molecular weight excluding hydrogens is 157 g/mol. The third kappa shape index (κ3) is 2.08. The quantitative estimate of drug-likeness (QED) is 0.754. The van der Waals surface area contributed by atoms with Crippen LogP contribution in [0.2, 0.25) is 0 Å². The van der Waals surface area contributed by atoms with E-state index in [4.69, 9.17) is 10.2 Å². The van der Waals surface area contributed by atoms with Crippen LogP contribution in [-0.4, -0.2) is 6.67 Å². The van der Waals surface area contributed by atoms with E-state index in [9.17, 15) is 4.39 Å². The van der Waals surface area contributed by atoms with Gasteiger partial charge in [-0.2, -0.15) is 0 Å². The molecule has 0 aliphatic carbocycles. The van der Waals surface area contributed by atoms with E-state index in [-0.39, 0.29) is 6.04 Å². The van der Waals surface area contributed by atoms with Crippen molar-refractivity contribution >= 4 is 0 Å². The Morgan fingerprint density at radius 2 is 2.33 bits per heavy atom. The van der Waals surface area contributed by atoms with Crippen LogP contribution in [0.4, 0.5) is 4.39 Å². The van der Waals surface area contributed by atoms with Gasteiger partial charge in [-0.15, -0.1) is 0 Å². The van der Waals surface area contributed by atoms with Crippen molar-refractivity contribution in [3.05, 3.63) is 23.7 Å². The second kappa shape index (κ2) is 4.26. The molecule has 0 radical (unpaired) electrons. The average Bonchev–Trinajstić information content (AvgIpc) is 2.52. The summed E-state index contributed by atoms with van der Waals surface area (Å²) in [6.45, 7) is 1.60. The molecule has 1 aromatic heterocycles. The minimum absolute atomic E-state index is 0.296. The van der Waals surface area contributed by atoms with E-state index >= 15 is 0 Å². The lowest BCUT2D eigenvalue weighted by Crippen LogP contribution is -2.09. The van der Waals surface area contributed by atoms with E-state index in [2.05, 4.69) is 0 Å². The molecule has 0 unspecified atom stereocenters. The van der Waals surface area contributed by atoms with Crippen molar-refractivity contribution in [1.29, 1.82) is 0 Å². The van der Waals surface area contributed by atoms with Crippen LogP contribution in [0.1, 0.15) is 30.9 Å². The summed E-state index contributed by atoms with van der Waals surface area (Å²) in [6, 6.07) is 3.40. The van der Waals surface area contributed by atoms with Crippen molar-refractivity contribution in [2.24, 2.45) is 5.73 Å². The van der Waals surface area contributed by atoms with Gasteiger partial charge in [0.2, 0.25) is 0 Å². The summed E-state index contributed by atoms with van der Waals surface area (Å²) in [5, 5.41) is 0. The Morgan fingerprint density at radius 3 is 2.83 bits per heavy atom. The molecule has 1 atom stereocenters. The molecule has 0 aromatic carbocycles. The van der Waals surface area contributed by atoms with E-state index in [1.165, 1.54) is 0 Å². The second-order valence-corrected chi connectivity index (χ2v) is 2.74. The summed E-state index contributed by atoms with van der Waals surface area (Å²) < 4.78 is 17.3. The SMILES string of the molecule is CCc1ccc([C@@H](N)CCF)o1. The highest BCUT2D eigenvalue weighted by molar-refractivity contribution is 5.10. The first-order valence-corrected chi connectivity index (χ1v) is 4.18. The van der Waals surface area contributed by atoms with E-state index < -0.39 is 6.67 Å². The predicted octanol–water partition coefficient (Wildman–Crippen LogP) is 2.20. The summed E-state index contributed by atoms with van der Waals surface area (Å²) in [4.78, 5) is 0. The first kappa shape index (κ1) is 9.26. The van der Waals surface area contributed by atoms with Crippen LogP contribution in [0.5, 0.6) is 0 Å². The molecule has 2 nitrogen and oxygen atoms in total. The van der Waals surface area contributed by atoms with Crippen molar-refractivity contribution in [3.8, 4) is 0 Å². The van der Waals surface area contributed by atoms with E-state index in [0.717, 1.165) is 12.2 Å². The number of furan rings is 1. The third-order valence-corrected chi connectivity index (χ3v) is 1.82. The smallest absolute Gasteiger partial charge is 0.120 e. The highest BCUT2D eigenvalue weighted by Crippen LogP contribution is 2.17. The summed E-state index contributed by atoms with van der Waals surface area (Å²) in [7, 11) is 0. The average molecular weight is 171 g/mol. The van der Waals surface area contributed by atoms with Gasteiger partial charge in [0, 0.05) is 6.42 Å². The van der Waals surface area contributed by atoms with E-state index in [0.29, 0.717) is 12.2 Å². The number of aryl methyl sites for hydroxylation is 1. The number of hydrogen-bond acceptors (Lipinski definition) is 2. The van der Waals surface area contributed by atoms with E-state index in [1.807, 2.05) is 19.1 Å². The van der Waals surface area contributed by atoms with Crippen molar-refractivity contribution in [1.82, 2.24) is 0 Å². The fraction of sp³-hybridized carbons (Fsp3) is 0.556. The molecule has 68 valence electrons. The summed E-state index contributed by atoms with van der Waals surface area (Å²) in [6.07, 6.45) is 1.18. The lowest BCUT2D eigenvalue weighted by Gasteiger charge is -2.04. The fourth-order valence-corrected chi connectivity index (χ4v) is 1.04. The Hall–Kier alpha value is -0.830. The van der Waals surface area contributed by atoms with Crippen LogP contribution in [0.25, 0.3) is 0 Å². The highest BCUT2D eigenvalue weighted by Gasteiger charge is 2.09. The predicted molar refractivity (Wildman–Crippen MR) is 45.6 cm³/mol. The van der Waals surface area contributed by atoms with Crippen LogP contribution < -0.4 is 5.73 Å². The molecule has 0 saturated carbocycles. The Bertz CT molecular complexity index is 234. The molecule has 0 saturated heterocycles. The molecule has 0 aliphatic rings. The van der Waals surface area contributed by atoms with Crippen LogP contribution >= 0.6 is 0 Å². The van der Waals surface area contributed by atoms with Crippen LogP contribution in [0.3, 0.4) is 0 Å². The standard InChI is InChI=1S/C9H14FNO/c1-2-7-3-4-9(12-7)8(11)5-6-10/h3-4,8H,2,5-6,11H2,1H3/t8-/m0/s1. The Balaban J connectivity index is 2.61. The molecule has 0 bridgehead atoms. The van der Waals surface area contributed by atoms with Crippen molar-refractivity contribution < 1.29 is 8.81 Å². The minimum Gasteiger partial charge on any atom is -0.464 e. The van der Waals surface area contributed by atoms with Gasteiger partial charge in [-0.3, -0.25) is 4.39 Å². The lowest BCUT2D eigenvalue weighted by molar-refractivity contribution is 0.385. The molecule has 0 amide bonds. The summed E-state index contributed by atoms with van der Waals surface area (Å²) >= 11 is 0. The number of hydrogen-bond donors (Lipinski definition) is 1. The van der Waals surface area contributed by atoms with Gasteiger partial charge in [0.1, 0.15) is 11.5 Å². The van der Waals surface area contributed by atoms with E-state index in [1.54, 1.807) is 0 Å². The molecule has 1 aromatic rings. The number of alkyl halides is 1. The largest absolute Gasteiger partial charge is 0.464 e. The zero-order chi connectivity index (χ0) is 8.97. The molecule has 0 fully saturated rings. The lowest BCUT2D eigenvalue weighted by atomic mass is 10.2. The maximum absolute atomic E-state index is 11.9. The zero-order valence-electron chi connectivity index (χ0n) is 7.22. The summed E-state index contributed by atoms with van der Waals surface area (Å²) in [5.74, 6) is 1.59. The monoisotopic (exact) mass is 171 g/mol. The first-order chi connectivity index (χ1) is 5.77. The topological polar surface area (TPSA) is 39.2 Å². The molecule has 0 spiro atoms. The van der Waals surface area contributed by atoms with Crippen LogP contribution in [-0.2, 0) is 6.42 Å². The number of nitrogens with two attached hydrogens (primary N) is 1. The molecule has 2 N–H and O–H groups in total. The first-order valence-electron chi connectivity index (χ1n) is 4.18. The van der Waals surface area contributed by atoms with Crippen molar-refractivity contribution in [2.45, 2.75) is 25.8 Å². The molecule has 3 heteroatoms. The summed E-state index contributed by atoms with van der Waals surface area (Å²) in [5.41, 5.74) is 5.64. The number of rotatable bonds is 4. The van der Waals surface area contributed by atoms with Gasteiger partial charge in [0.05, 0.1) is 12.7 Å². The van der Waals surface area contributed by atoms with Crippen molar-refractivity contribution in [2.75, 3.05) is 6.67 Å². The highest BCUT2D eigenvalue weighted by atomic mass is 19.1. The zero-order valence-corrected chi connectivity index (χ0v) is 7.22. The van der Waals surface area contributed by atoms with Gasteiger partial charge in [-0.05, 0) is 18.6 Å². The van der Waals surface area contributed by atoms with Gasteiger partial charge < -0.3 is 10.2 Å². The van der Waals surface area contributed by atoms with Gasteiger partial charge in [-0.1, -0.05) is 6.92 Å². The Labute approximate surface area is 71.6 Å². The second-order valence-electron chi connectivity index (χ2n) is 2.74. The molecular formula is C9H14FNO. The molecule has 1 heterocycles. The maximum atomic E-state index is 11.9. The number of halogens is 1.